The van der Waals surface area contributed by atoms with E-state index >= 15 is 0 Å². The van der Waals surface area contributed by atoms with Crippen LogP contribution in [0.5, 0.6) is 5.75 Å². The van der Waals surface area contributed by atoms with Crippen LogP contribution in [0.4, 0.5) is 0 Å². The Kier molecular flexibility index (Phi) is 3.00. The van der Waals surface area contributed by atoms with Crippen molar-refractivity contribution in [3.05, 3.63) is 35.9 Å². The van der Waals surface area contributed by atoms with Crippen molar-refractivity contribution in [2.75, 3.05) is 7.11 Å². The van der Waals surface area contributed by atoms with Crippen LogP contribution in [0.1, 0.15) is 5.56 Å². The number of fused-ring (bicyclic) bond motifs is 1. The molecule has 0 bridgehead atoms. The van der Waals surface area contributed by atoms with E-state index in [1.54, 1.807) is 7.11 Å². The summed E-state index contributed by atoms with van der Waals surface area (Å²) >= 11 is 0. The normalized spacial score (nSPS) is 11.8. The van der Waals surface area contributed by atoms with Crippen LogP contribution >= 0.6 is 0 Å². The van der Waals surface area contributed by atoms with E-state index < -0.39 is 8.07 Å². The van der Waals surface area contributed by atoms with Crippen molar-refractivity contribution in [2.24, 2.45) is 0 Å². The Hall–Kier alpha value is -1.28. The van der Waals surface area contributed by atoms with Gasteiger partial charge in [0.15, 0.2) is 0 Å². The Morgan fingerprint density at radius 2 is 1.59 bits per heavy atom. The SMILES string of the molecule is COc1cc([Si](C)(C)C)c(C)c2ccccc12. The van der Waals surface area contributed by atoms with Crippen LogP contribution in [0.15, 0.2) is 30.3 Å². The van der Waals surface area contributed by atoms with Gasteiger partial charge in [-0.3, -0.25) is 0 Å². The van der Waals surface area contributed by atoms with E-state index in [4.69, 9.17) is 4.74 Å². The summed E-state index contributed by atoms with van der Waals surface area (Å²) in [5.74, 6) is 1.00. The summed E-state index contributed by atoms with van der Waals surface area (Å²) in [6.07, 6.45) is 0. The van der Waals surface area contributed by atoms with Gasteiger partial charge in [0, 0.05) is 5.39 Å². The molecule has 0 aromatic heterocycles. The van der Waals surface area contributed by atoms with Gasteiger partial charge in [-0.1, -0.05) is 49.1 Å². The molecule has 0 unspecified atom stereocenters. The molecule has 0 spiro atoms. The minimum absolute atomic E-state index is 1.00. The molecule has 0 heterocycles. The summed E-state index contributed by atoms with van der Waals surface area (Å²) < 4.78 is 5.54. The van der Waals surface area contributed by atoms with Crippen molar-refractivity contribution >= 4 is 24.0 Å². The van der Waals surface area contributed by atoms with Crippen molar-refractivity contribution in [3.8, 4) is 5.75 Å². The standard InChI is InChI=1S/C15H20OSi/c1-11-12-8-6-7-9-13(12)14(16-2)10-15(11)17(3,4)5/h6-10H,1-5H3. The Morgan fingerprint density at radius 1 is 1.00 bits per heavy atom. The van der Waals surface area contributed by atoms with Crippen molar-refractivity contribution in [1.82, 2.24) is 0 Å². The fourth-order valence-corrected chi connectivity index (χ4v) is 4.26. The number of hydrogen-bond acceptors (Lipinski definition) is 1. The lowest BCUT2D eigenvalue weighted by Crippen LogP contribution is -2.39. The van der Waals surface area contributed by atoms with Crippen molar-refractivity contribution in [3.63, 3.8) is 0 Å². The predicted octanol–water partition coefficient (Wildman–Crippen LogP) is 3.70. The third-order valence-electron chi connectivity index (χ3n) is 3.30. The van der Waals surface area contributed by atoms with E-state index in [2.05, 4.69) is 56.9 Å². The summed E-state index contributed by atoms with van der Waals surface area (Å²) in [4.78, 5) is 0. The second-order valence-corrected chi connectivity index (χ2v) is 10.6. The van der Waals surface area contributed by atoms with E-state index in [0.717, 1.165) is 5.75 Å². The van der Waals surface area contributed by atoms with Gasteiger partial charge in [-0.2, -0.15) is 0 Å². The van der Waals surface area contributed by atoms with E-state index in [-0.39, 0.29) is 0 Å². The smallest absolute Gasteiger partial charge is 0.126 e. The molecule has 0 radical (unpaired) electrons. The monoisotopic (exact) mass is 244 g/mol. The van der Waals surface area contributed by atoms with Crippen molar-refractivity contribution < 1.29 is 4.74 Å². The van der Waals surface area contributed by atoms with Crippen molar-refractivity contribution in [2.45, 2.75) is 26.6 Å². The molecule has 0 aliphatic carbocycles. The first-order valence-corrected chi connectivity index (χ1v) is 9.52. The second kappa shape index (κ2) is 4.19. The first kappa shape index (κ1) is 12.2. The molecule has 0 N–H and O–H groups in total. The summed E-state index contributed by atoms with van der Waals surface area (Å²) in [7, 11) is 0.432. The molecular formula is C15H20OSi. The Morgan fingerprint density at radius 3 is 2.12 bits per heavy atom. The molecule has 2 heteroatoms. The zero-order valence-corrected chi connectivity index (χ0v) is 12.3. The Labute approximate surface area is 104 Å². The second-order valence-electron chi connectivity index (χ2n) is 5.55. The molecule has 2 aromatic carbocycles. The minimum Gasteiger partial charge on any atom is -0.496 e. The molecule has 0 aliphatic heterocycles. The quantitative estimate of drug-likeness (QED) is 0.732. The number of hydrogen-bond donors (Lipinski definition) is 0. The highest BCUT2D eigenvalue weighted by Gasteiger charge is 2.21. The van der Waals surface area contributed by atoms with Gasteiger partial charge in [-0.05, 0) is 23.9 Å². The molecule has 0 saturated carbocycles. The van der Waals surface area contributed by atoms with E-state index in [0.29, 0.717) is 0 Å². The van der Waals surface area contributed by atoms with E-state index in [1.807, 2.05) is 0 Å². The van der Waals surface area contributed by atoms with E-state index in [9.17, 15) is 0 Å². The molecule has 0 atom stereocenters. The van der Waals surface area contributed by atoms with Gasteiger partial charge in [-0.15, -0.1) is 0 Å². The molecule has 2 rings (SSSR count). The molecule has 0 fully saturated rings. The largest absolute Gasteiger partial charge is 0.496 e. The molecule has 0 saturated heterocycles. The van der Waals surface area contributed by atoms with Gasteiger partial charge < -0.3 is 4.74 Å². The topological polar surface area (TPSA) is 9.23 Å². The van der Waals surface area contributed by atoms with Gasteiger partial charge in [0.1, 0.15) is 5.75 Å². The number of rotatable bonds is 2. The molecule has 1 nitrogen and oxygen atoms in total. The van der Waals surface area contributed by atoms with Gasteiger partial charge in [0.05, 0.1) is 15.2 Å². The van der Waals surface area contributed by atoms with Crippen LogP contribution in [-0.2, 0) is 0 Å². The lowest BCUT2D eigenvalue weighted by Gasteiger charge is -2.22. The van der Waals surface area contributed by atoms with Gasteiger partial charge in [0.25, 0.3) is 0 Å². The summed E-state index contributed by atoms with van der Waals surface area (Å²) in [5, 5.41) is 4.03. The van der Waals surface area contributed by atoms with Crippen LogP contribution in [0.2, 0.25) is 19.6 Å². The summed E-state index contributed by atoms with van der Waals surface area (Å²) in [5.41, 5.74) is 1.42. The maximum absolute atomic E-state index is 5.54. The zero-order valence-electron chi connectivity index (χ0n) is 11.3. The average molecular weight is 244 g/mol. The number of benzene rings is 2. The number of ether oxygens (including phenoxy) is 1. The van der Waals surface area contributed by atoms with Crippen LogP contribution in [0.25, 0.3) is 10.8 Å². The number of methoxy groups -OCH3 is 1. The van der Waals surface area contributed by atoms with Crippen LogP contribution in [0, 0.1) is 6.92 Å². The minimum atomic E-state index is -1.32. The highest BCUT2D eigenvalue weighted by molar-refractivity contribution is 6.89. The van der Waals surface area contributed by atoms with Crippen LogP contribution in [0.3, 0.4) is 0 Å². The molecule has 0 aliphatic rings. The Balaban J connectivity index is 2.85. The fraction of sp³-hybridized carbons (Fsp3) is 0.333. The molecule has 90 valence electrons. The average Bonchev–Trinajstić information content (AvgIpc) is 2.28. The maximum atomic E-state index is 5.54. The first-order chi connectivity index (χ1) is 7.95. The summed E-state index contributed by atoms with van der Waals surface area (Å²) in [6.45, 7) is 9.37. The maximum Gasteiger partial charge on any atom is 0.126 e. The highest BCUT2D eigenvalue weighted by Crippen LogP contribution is 2.28. The number of aryl methyl sites for hydroxylation is 1. The lowest BCUT2D eigenvalue weighted by atomic mass is 10.0. The zero-order chi connectivity index (χ0) is 12.6. The van der Waals surface area contributed by atoms with Gasteiger partial charge in [0.2, 0.25) is 0 Å². The van der Waals surface area contributed by atoms with Gasteiger partial charge in [-0.25, -0.2) is 0 Å². The van der Waals surface area contributed by atoms with Crippen molar-refractivity contribution in [1.29, 1.82) is 0 Å². The molecule has 17 heavy (non-hydrogen) atoms. The predicted molar refractivity (Wildman–Crippen MR) is 78.2 cm³/mol. The van der Waals surface area contributed by atoms with Crippen LogP contribution in [-0.4, -0.2) is 15.2 Å². The van der Waals surface area contributed by atoms with Gasteiger partial charge >= 0.3 is 0 Å². The van der Waals surface area contributed by atoms with Crippen LogP contribution < -0.4 is 9.92 Å². The highest BCUT2D eigenvalue weighted by atomic mass is 28.3. The lowest BCUT2D eigenvalue weighted by molar-refractivity contribution is 0.420. The summed E-state index contributed by atoms with van der Waals surface area (Å²) in [6, 6.07) is 10.7. The third kappa shape index (κ3) is 2.09. The van der Waals surface area contributed by atoms with E-state index in [1.165, 1.54) is 21.5 Å². The Bertz CT molecular complexity index is 553. The molecule has 2 aromatic rings. The fourth-order valence-electron chi connectivity index (χ4n) is 2.44. The molecular weight excluding hydrogens is 224 g/mol. The first-order valence-electron chi connectivity index (χ1n) is 6.02. The molecule has 0 amide bonds. The third-order valence-corrected chi connectivity index (χ3v) is 5.44.